The summed E-state index contributed by atoms with van der Waals surface area (Å²) in [6, 6.07) is 7.53. The molecule has 1 aromatic heterocycles. The summed E-state index contributed by atoms with van der Waals surface area (Å²) >= 11 is 0. The zero-order valence-electron chi connectivity index (χ0n) is 11.0. The van der Waals surface area contributed by atoms with Crippen molar-refractivity contribution in [1.29, 1.82) is 0 Å². The third kappa shape index (κ3) is 2.54. The highest BCUT2D eigenvalue weighted by Gasteiger charge is 2.07. The van der Waals surface area contributed by atoms with Crippen LogP contribution in [0.2, 0.25) is 0 Å². The molecule has 0 aliphatic carbocycles. The van der Waals surface area contributed by atoms with Gasteiger partial charge in [0.25, 0.3) is 0 Å². The number of nitrogens with zero attached hydrogens (tertiary/aromatic N) is 1. The fraction of sp³-hybridized carbons (Fsp3) is 0.357. The first kappa shape index (κ1) is 12.6. The number of nitrogens with one attached hydrogen (secondary N) is 1. The largest absolute Gasteiger partial charge is 0.423 e. The lowest BCUT2D eigenvalue weighted by Crippen LogP contribution is -2.12. The highest BCUT2D eigenvalue weighted by Crippen LogP contribution is 2.22. The van der Waals surface area contributed by atoms with E-state index in [2.05, 4.69) is 5.32 Å². The van der Waals surface area contributed by atoms with Gasteiger partial charge in [0.15, 0.2) is 0 Å². The number of hydrogen-bond donors (Lipinski definition) is 1. The van der Waals surface area contributed by atoms with Gasteiger partial charge in [0, 0.05) is 37.3 Å². The Morgan fingerprint density at radius 3 is 2.72 bits per heavy atom. The highest BCUT2D eigenvalue weighted by molar-refractivity contribution is 5.83. The second-order valence-corrected chi connectivity index (χ2v) is 4.52. The van der Waals surface area contributed by atoms with Crippen LogP contribution in [-0.2, 0) is 6.42 Å². The Balaban J connectivity index is 2.55. The molecule has 0 bridgehead atoms. The second-order valence-electron chi connectivity index (χ2n) is 4.52. The molecule has 2 rings (SSSR count). The standard InChI is InChI=1S/C14H18N2O2/c1-15-7-6-10-8-14(17)18-13-9-11(16(2)3)4-5-12(10)13/h4-5,8-9,15H,6-7H2,1-3H3. The van der Waals surface area contributed by atoms with Gasteiger partial charge in [-0.2, -0.15) is 0 Å². The van der Waals surface area contributed by atoms with Crippen LogP contribution in [0.1, 0.15) is 5.56 Å². The van der Waals surface area contributed by atoms with Gasteiger partial charge in [0.05, 0.1) is 0 Å². The Morgan fingerprint density at radius 1 is 1.28 bits per heavy atom. The van der Waals surface area contributed by atoms with Gasteiger partial charge in [0.1, 0.15) is 5.58 Å². The molecular weight excluding hydrogens is 228 g/mol. The number of anilines is 1. The van der Waals surface area contributed by atoms with Gasteiger partial charge in [-0.3, -0.25) is 0 Å². The second kappa shape index (κ2) is 5.23. The molecule has 1 aromatic carbocycles. The van der Waals surface area contributed by atoms with Gasteiger partial charge in [-0.15, -0.1) is 0 Å². The lowest BCUT2D eigenvalue weighted by atomic mass is 10.1. The van der Waals surface area contributed by atoms with Crippen molar-refractivity contribution in [2.75, 3.05) is 32.6 Å². The Morgan fingerprint density at radius 2 is 2.06 bits per heavy atom. The van der Waals surface area contributed by atoms with Crippen LogP contribution in [0.4, 0.5) is 5.69 Å². The van der Waals surface area contributed by atoms with Gasteiger partial charge in [-0.05, 0) is 37.7 Å². The molecule has 0 radical (unpaired) electrons. The van der Waals surface area contributed by atoms with E-state index in [1.165, 1.54) is 0 Å². The molecule has 1 heterocycles. The van der Waals surface area contributed by atoms with E-state index in [1.54, 1.807) is 6.07 Å². The molecule has 4 heteroatoms. The van der Waals surface area contributed by atoms with Crippen LogP contribution in [0.25, 0.3) is 11.0 Å². The Hall–Kier alpha value is -1.81. The minimum atomic E-state index is -0.287. The van der Waals surface area contributed by atoms with Gasteiger partial charge in [-0.1, -0.05) is 0 Å². The Bertz CT molecular complexity index is 602. The first-order valence-corrected chi connectivity index (χ1v) is 6.00. The highest BCUT2D eigenvalue weighted by atomic mass is 16.4. The van der Waals surface area contributed by atoms with Crippen LogP contribution in [-0.4, -0.2) is 27.7 Å². The van der Waals surface area contributed by atoms with E-state index in [0.717, 1.165) is 29.6 Å². The van der Waals surface area contributed by atoms with E-state index < -0.39 is 0 Å². The topological polar surface area (TPSA) is 45.5 Å². The fourth-order valence-corrected chi connectivity index (χ4v) is 1.96. The van der Waals surface area contributed by atoms with Crippen LogP contribution in [0, 0.1) is 0 Å². The zero-order valence-corrected chi connectivity index (χ0v) is 11.0. The number of rotatable bonds is 4. The molecule has 1 N–H and O–H groups in total. The van der Waals surface area contributed by atoms with Crippen LogP contribution in [0.15, 0.2) is 33.5 Å². The van der Waals surface area contributed by atoms with Crippen molar-refractivity contribution in [2.24, 2.45) is 0 Å². The minimum Gasteiger partial charge on any atom is -0.423 e. The normalized spacial score (nSPS) is 10.8. The van der Waals surface area contributed by atoms with Gasteiger partial charge >= 0.3 is 5.63 Å². The van der Waals surface area contributed by atoms with Gasteiger partial charge < -0.3 is 14.6 Å². The summed E-state index contributed by atoms with van der Waals surface area (Å²) in [6.07, 6.45) is 0.819. The molecule has 0 saturated heterocycles. The molecule has 4 nitrogen and oxygen atoms in total. The predicted octanol–water partition coefficient (Wildman–Crippen LogP) is 1.62. The van der Waals surface area contributed by atoms with Crippen LogP contribution in [0.5, 0.6) is 0 Å². The van der Waals surface area contributed by atoms with Crippen molar-refractivity contribution < 1.29 is 4.42 Å². The van der Waals surface area contributed by atoms with Crippen LogP contribution < -0.4 is 15.8 Å². The van der Waals surface area contributed by atoms with Crippen molar-refractivity contribution >= 4 is 16.7 Å². The first-order valence-electron chi connectivity index (χ1n) is 6.00. The number of hydrogen-bond acceptors (Lipinski definition) is 4. The third-order valence-electron chi connectivity index (χ3n) is 2.97. The van der Waals surface area contributed by atoms with Crippen molar-refractivity contribution in [2.45, 2.75) is 6.42 Å². The zero-order chi connectivity index (χ0) is 13.1. The van der Waals surface area contributed by atoms with E-state index in [1.807, 2.05) is 44.2 Å². The summed E-state index contributed by atoms with van der Waals surface area (Å²) in [5.41, 5.74) is 2.42. The quantitative estimate of drug-likeness (QED) is 0.833. The van der Waals surface area contributed by atoms with Crippen molar-refractivity contribution in [3.8, 4) is 0 Å². The molecule has 0 amide bonds. The lowest BCUT2D eigenvalue weighted by molar-refractivity contribution is 0.558. The van der Waals surface area contributed by atoms with E-state index in [0.29, 0.717) is 5.58 Å². The van der Waals surface area contributed by atoms with Crippen LogP contribution in [0.3, 0.4) is 0 Å². The minimum absolute atomic E-state index is 0.287. The first-order chi connectivity index (χ1) is 8.61. The van der Waals surface area contributed by atoms with E-state index in [4.69, 9.17) is 4.42 Å². The molecule has 0 saturated carbocycles. The SMILES string of the molecule is CNCCc1cc(=O)oc2cc(N(C)C)ccc12. The molecule has 0 spiro atoms. The van der Waals surface area contributed by atoms with Crippen molar-refractivity contribution in [3.05, 3.63) is 40.2 Å². The van der Waals surface area contributed by atoms with E-state index in [-0.39, 0.29) is 5.63 Å². The molecule has 2 aromatic rings. The molecular formula is C14H18N2O2. The molecule has 0 fully saturated rings. The van der Waals surface area contributed by atoms with Crippen molar-refractivity contribution in [3.63, 3.8) is 0 Å². The van der Waals surface area contributed by atoms with Gasteiger partial charge in [-0.25, -0.2) is 4.79 Å². The molecule has 0 atom stereocenters. The maximum atomic E-state index is 11.5. The monoisotopic (exact) mass is 246 g/mol. The van der Waals surface area contributed by atoms with E-state index >= 15 is 0 Å². The van der Waals surface area contributed by atoms with Crippen LogP contribution >= 0.6 is 0 Å². The number of benzene rings is 1. The summed E-state index contributed by atoms with van der Waals surface area (Å²) in [7, 11) is 5.83. The Labute approximate surface area is 106 Å². The third-order valence-corrected chi connectivity index (χ3v) is 2.97. The summed E-state index contributed by atoms with van der Waals surface area (Å²) in [4.78, 5) is 13.5. The summed E-state index contributed by atoms with van der Waals surface area (Å²) in [5, 5.41) is 4.10. The van der Waals surface area contributed by atoms with E-state index in [9.17, 15) is 4.79 Å². The molecule has 0 aliphatic heterocycles. The predicted molar refractivity (Wildman–Crippen MR) is 74.4 cm³/mol. The Kier molecular flexibility index (Phi) is 3.67. The summed E-state index contributed by atoms with van der Waals surface area (Å²) in [6.45, 7) is 0.841. The maximum absolute atomic E-state index is 11.5. The van der Waals surface area contributed by atoms with Gasteiger partial charge in [0.2, 0.25) is 0 Å². The summed E-state index contributed by atoms with van der Waals surface area (Å²) in [5.74, 6) is 0. The molecule has 0 unspecified atom stereocenters. The molecule has 18 heavy (non-hydrogen) atoms. The molecule has 0 aliphatic rings. The fourth-order valence-electron chi connectivity index (χ4n) is 1.96. The van der Waals surface area contributed by atoms with Crippen molar-refractivity contribution in [1.82, 2.24) is 5.32 Å². The number of likely N-dealkylation sites (N-methyl/N-ethyl adjacent to an activating group) is 1. The summed E-state index contributed by atoms with van der Waals surface area (Å²) < 4.78 is 5.27. The average molecular weight is 246 g/mol. The molecule has 96 valence electrons. The maximum Gasteiger partial charge on any atom is 0.336 e. The smallest absolute Gasteiger partial charge is 0.336 e. The number of fused-ring (bicyclic) bond motifs is 1. The average Bonchev–Trinajstić information content (AvgIpc) is 2.34. The lowest BCUT2D eigenvalue weighted by Gasteiger charge is -2.13.